The molecule has 1 aromatic carbocycles. The number of aliphatic hydroxyl groups is 1. The average molecular weight is 234 g/mol. The van der Waals surface area contributed by atoms with Gasteiger partial charge in [-0.15, -0.1) is 6.58 Å². The van der Waals surface area contributed by atoms with Crippen LogP contribution in [0.3, 0.4) is 0 Å². The van der Waals surface area contributed by atoms with Crippen LogP contribution >= 0.6 is 0 Å². The van der Waals surface area contributed by atoms with Crippen LogP contribution in [0.15, 0.2) is 36.9 Å². The second-order valence-electron chi connectivity index (χ2n) is 4.95. The first-order valence-corrected chi connectivity index (χ1v) is 6.07. The Morgan fingerprint density at radius 3 is 2.06 bits per heavy atom. The fraction of sp³-hybridized carbons (Fsp3) is 0.467. The molecule has 0 bridgehead atoms. The molecule has 0 aliphatic rings. The van der Waals surface area contributed by atoms with Crippen molar-refractivity contribution >= 4 is 0 Å². The van der Waals surface area contributed by atoms with Crippen LogP contribution in [0.25, 0.3) is 0 Å². The van der Waals surface area contributed by atoms with E-state index in [2.05, 4.69) is 27.4 Å². The molecule has 0 aliphatic carbocycles. The normalized spacial score (nSPS) is 16.5. The van der Waals surface area contributed by atoms with Gasteiger partial charge in [0, 0.05) is 5.92 Å². The van der Waals surface area contributed by atoms with Crippen molar-refractivity contribution in [1.82, 2.24) is 0 Å². The van der Waals surface area contributed by atoms with E-state index in [1.54, 1.807) is 24.3 Å². The SMILES string of the molecule is C=C[C@H](C(O)c1ccc(O)cc1)[C@H](C)C(C)C. The van der Waals surface area contributed by atoms with E-state index >= 15 is 0 Å². The van der Waals surface area contributed by atoms with E-state index in [0.717, 1.165) is 5.56 Å². The third-order valence-electron chi connectivity index (χ3n) is 3.53. The molecule has 0 spiro atoms. The zero-order valence-electron chi connectivity index (χ0n) is 10.8. The number of aromatic hydroxyl groups is 1. The highest BCUT2D eigenvalue weighted by Crippen LogP contribution is 2.33. The molecule has 0 fully saturated rings. The van der Waals surface area contributed by atoms with Crippen LogP contribution in [0.2, 0.25) is 0 Å². The zero-order chi connectivity index (χ0) is 13.0. The number of rotatable bonds is 5. The number of aliphatic hydroxyl groups excluding tert-OH is 1. The van der Waals surface area contributed by atoms with Crippen LogP contribution in [-0.4, -0.2) is 10.2 Å². The number of phenolic OH excluding ortho intramolecular Hbond substituents is 1. The molecule has 0 aliphatic heterocycles. The standard InChI is InChI=1S/C15H22O2/c1-5-14(11(4)10(2)3)15(17)12-6-8-13(16)9-7-12/h5-11,14-17H,1H2,2-4H3/t11-,14+,15?/m1/s1. The molecule has 0 heterocycles. The third-order valence-corrected chi connectivity index (χ3v) is 3.53. The summed E-state index contributed by atoms with van der Waals surface area (Å²) in [4.78, 5) is 0. The van der Waals surface area contributed by atoms with Crippen molar-refractivity contribution < 1.29 is 10.2 Å². The largest absolute Gasteiger partial charge is 0.508 e. The molecular formula is C15H22O2. The van der Waals surface area contributed by atoms with Gasteiger partial charge in [0.1, 0.15) is 5.75 Å². The Morgan fingerprint density at radius 2 is 1.65 bits per heavy atom. The lowest BCUT2D eigenvalue weighted by molar-refractivity contribution is 0.0893. The molecule has 1 aromatic rings. The Balaban J connectivity index is 2.89. The van der Waals surface area contributed by atoms with Crippen LogP contribution in [0.1, 0.15) is 32.4 Å². The van der Waals surface area contributed by atoms with E-state index in [9.17, 15) is 10.2 Å². The molecule has 0 saturated carbocycles. The molecular weight excluding hydrogens is 212 g/mol. The van der Waals surface area contributed by atoms with Crippen LogP contribution in [0, 0.1) is 17.8 Å². The average Bonchev–Trinajstić information content (AvgIpc) is 2.30. The topological polar surface area (TPSA) is 40.5 Å². The summed E-state index contributed by atoms with van der Waals surface area (Å²) in [6.45, 7) is 10.2. The number of benzene rings is 1. The molecule has 1 rings (SSSR count). The van der Waals surface area contributed by atoms with Gasteiger partial charge in [0.15, 0.2) is 0 Å². The second kappa shape index (κ2) is 5.87. The Hall–Kier alpha value is -1.28. The van der Waals surface area contributed by atoms with Gasteiger partial charge in [0.2, 0.25) is 0 Å². The van der Waals surface area contributed by atoms with Gasteiger partial charge in [-0.2, -0.15) is 0 Å². The van der Waals surface area contributed by atoms with Gasteiger partial charge in [0.05, 0.1) is 6.10 Å². The minimum atomic E-state index is -0.564. The van der Waals surface area contributed by atoms with E-state index in [-0.39, 0.29) is 11.7 Å². The lowest BCUT2D eigenvalue weighted by Gasteiger charge is -2.28. The molecule has 2 N–H and O–H groups in total. The summed E-state index contributed by atoms with van der Waals surface area (Å²) in [5.74, 6) is 1.09. The number of hydrogen-bond donors (Lipinski definition) is 2. The Labute approximate surface area is 104 Å². The van der Waals surface area contributed by atoms with Crippen LogP contribution < -0.4 is 0 Å². The zero-order valence-corrected chi connectivity index (χ0v) is 10.8. The molecule has 1 unspecified atom stereocenters. The first kappa shape index (κ1) is 13.8. The molecule has 2 heteroatoms. The second-order valence-corrected chi connectivity index (χ2v) is 4.95. The minimum Gasteiger partial charge on any atom is -0.508 e. The van der Waals surface area contributed by atoms with Crippen LogP contribution in [-0.2, 0) is 0 Å². The summed E-state index contributed by atoms with van der Waals surface area (Å²) < 4.78 is 0. The van der Waals surface area contributed by atoms with E-state index in [4.69, 9.17) is 0 Å². The minimum absolute atomic E-state index is 0.0274. The van der Waals surface area contributed by atoms with Crippen molar-refractivity contribution in [3.05, 3.63) is 42.5 Å². The highest BCUT2D eigenvalue weighted by molar-refractivity contribution is 5.28. The van der Waals surface area contributed by atoms with Crippen molar-refractivity contribution in [3.63, 3.8) is 0 Å². The van der Waals surface area contributed by atoms with Crippen LogP contribution in [0.4, 0.5) is 0 Å². The smallest absolute Gasteiger partial charge is 0.115 e. The monoisotopic (exact) mass is 234 g/mol. The highest BCUT2D eigenvalue weighted by atomic mass is 16.3. The Bertz CT molecular complexity index is 354. The summed E-state index contributed by atoms with van der Waals surface area (Å²) in [7, 11) is 0. The molecule has 0 saturated heterocycles. The highest BCUT2D eigenvalue weighted by Gasteiger charge is 2.25. The van der Waals surface area contributed by atoms with Gasteiger partial charge in [-0.1, -0.05) is 39.0 Å². The van der Waals surface area contributed by atoms with Crippen molar-refractivity contribution in [1.29, 1.82) is 0 Å². The summed E-state index contributed by atoms with van der Waals surface area (Å²) in [5, 5.41) is 19.6. The first-order chi connectivity index (χ1) is 7.97. The van der Waals surface area contributed by atoms with E-state index in [1.165, 1.54) is 0 Å². The van der Waals surface area contributed by atoms with Gasteiger partial charge in [0.25, 0.3) is 0 Å². The van der Waals surface area contributed by atoms with E-state index in [0.29, 0.717) is 11.8 Å². The van der Waals surface area contributed by atoms with Gasteiger partial charge in [-0.05, 0) is 29.5 Å². The quantitative estimate of drug-likeness (QED) is 0.765. The van der Waals surface area contributed by atoms with E-state index < -0.39 is 6.10 Å². The predicted octanol–water partition coefficient (Wildman–Crippen LogP) is 3.52. The maximum Gasteiger partial charge on any atom is 0.115 e. The molecule has 2 nitrogen and oxygen atoms in total. The molecule has 0 aromatic heterocycles. The lowest BCUT2D eigenvalue weighted by Crippen LogP contribution is -2.22. The lowest BCUT2D eigenvalue weighted by atomic mass is 9.79. The fourth-order valence-electron chi connectivity index (χ4n) is 1.97. The summed E-state index contributed by atoms with van der Waals surface area (Å²) in [5.41, 5.74) is 0.820. The maximum absolute atomic E-state index is 10.3. The Morgan fingerprint density at radius 1 is 1.12 bits per heavy atom. The maximum atomic E-state index is 10.3. The number of hydrogen-bond acceptors (Lipinski definition) is 2. The summed E-state index contributed by atoms with van der Waals surface area (Å²) in [6.07, 6.45) is 1.26. The molecule has 0 amide bonds. The molecule has 3 atom stereocenters. The third kappa shape index (κ3) is 3.34. The van der Waals surface area contributed by atoms with Crippen molar-refractivity contribution in [2.75, 3.05) is 0 Å². The molecule has 0 radical (unpaired) electrons. The predicted molar refractivity (Wildman–Crippen MR) is 70.8 cm³/mol. The van der Waals surface area contributed by atoms with Gasteiger partial charge >= 0.3 is 0 Å². The summed E-state index contributed by atoms with van der Waals surface area (Å²) >= 11 is 0. The van der Waals surface area contributed by atoms with Crippen molar-refractivity contribution in [2.45, 2.75) is 26.9 Å². The molecule has 94 valence electrons. The number of phenols is 1. The fourth-order valence-corrected chi connectivity index (χ4v) is 1.97. The van der Waals surface area contributed by atoms with Gasteiger partial charge in [-0.25, -0.2) is 0 Å². The summed E-state index contributed by atoms with van der Waals surface area (Å²) in [6, 6.07) is 6.70. The van der Waals surface area contributed by atoms with E-state index in [1.807, 2.05) is 6.08 Å². The first-order valence-electron chi connectivity index (χ1n) is 6.07. The van der Waals surface area contributed by atoms with Gasteiger partial charge in [-0.3, -0.25) is 0 Å². The van der Waals surface area contributed by atoms with Gasteiger partial charge < -0.3 is 10.2 Å². The Kier molecular flexibility index (Phi) is 4.76. The van der Waals surface area contributed by atoms with Crippen LogP contribution in [0.5, 0.6) is 5.75 Å². The van der Waals surface area contributed by atoms with Crippen molar-refractivity contribution in [3.8, 4) is 5.75 Å². The van der Waals surface area contributed by atoms with Crippen molar-refractivity contribution in [2.24, 2.45) is 17.8 Å². The molecule has 17 heavy (non-hydrogen) atoms.